The molecule has 0 radical (unpaired) electrons. The van der Waals surface area contributed by atoms with Crippen molar-refractivity contribution in [2.45, 2.75) is 57.9 Å². The lowest BCUT2D eigenvalue weighted by molar-refractivity contribution is -0.160. The Morgan fingerprint density at radius 3 is 2.50 bits per heavy atom. The zero-order valence-electron chi connectivity index (χ0n) is 22.3. The second-order valence-electron chi connectivity index (χ2n) is 9.74. The molecule has 0 unspecified atom stereocenters. The number of carbonyl (C=O) groups excluding carboxylic acids is 4. The van der Waals surface area contributed by atoms with Crippen molar-refractivity contribution in [3.8, 4) is 0 Å². The number of hydrogen-bond acceptors (Lipinski definition) is 8. The van der Waals surface area contributed by atoms with Crippen LogP contribution in [0.1, 0.15) is 38.7 Å². The van der Waals surface area contributed by atoms with Crippen LogP contribution in [0.4, 0.5) is 0 Å². The summed E-state index contributed by atoms with van der Waals surface area (Å²) in [5.41, 5.74) is 0.926. The van der Waals surface area contributed by atoms with E-state index in [0.29, 0.717) is 19.4 Å². The number of ether oxygens (including phenoxy) is 4. The van der Waals surface area contributed by atoms with Gasteiger partial charge < -0.3 is 29.2 Å². The van der Waals surface area contributed by atoms with E-state index >= 15 is 0 Å². The lowest BCUT2D eigenvalue weighted by Crippen LogP contribution is -2.47. The van der Waals surface area contributed by atoms with Gasteiger partial charge in [-0.1, -0.05) is 56.3 Å². The molecule has 1 N–H and O–H groups in total. The molecule has 2 aliphatic rings. The molecule has 1 aromatic rings. The number of methoxy groups -OCH3 is 1. The van der Waals surface area contributed by atoms with Crippen molar-refractivity contribution in [1.29, 1.82) is 0 Å². The van der Waals surface area contributed by atoms with Gasteiger partial charge >= 0.3 is 11.9 Å². The van der Waals surface area contributed by atoms with E-state index in [1.165, 1.54) is 12.0 Å². The van der Waals surface area contributed by atoms with Crippen molar-refractivity contribution in [2.24, 2.45) is 11.8 Å². The molecule has 38 heavy (non-hydrogen) atoms. The first-order chi connectivity index (χ1) is 18.3. The molecule has 0 spiro atoms. The van der Waals surface area contributed by atoms with Gasteiger partial charge in [-0.25, -0.2) is 9.59 Å². The second kappa shape index (κ2) is 14.6. The fourth-order valence-corrected chi connectivity index (χ4v) is 4.44. The van der Waals surface area contributed by atoms with E-state index in [1.54, 1.807) is 19.1 Å². The molecular weight excluding hydrogens is 492 g/mol. The average molecular weight is 531 g/mol. The molecule has 0 aliphatic carbocycles. The number of carbonyl (C=O) groups is 4. The summed E-state index contributed by atoms with van der Waals surface area (Å²) in [4.78, 5) is 52.9. The Balaban J connectivity index is 1.74. The van der Waals surface area contributed by atoms with Crippen molar-refractivity contribution in [3.63, 3.8) is 0 Å². The normalized spacial score (nSPS) is 28.1. The van der Waals surface area contributed by atoms with Gasteiger partial charge in [0.05, 0.1) is 25.2 Å². The first kappa shape index (κ1) is 29.3. The maximum atomic E-state index is 13.1. The summed E-state index contributed by atoms with van der Waals surface area (Å²) in [5.74, 6) is -2.68. The van der Waals surface area contributed by atoms with Gasteiger partial charge in [-0.15, -0.1) is 0 Å². The van der Waals surface area contributed by atoms with Crippen molar-refractivity contribution >= 4 is 23.8 Å². The zero-order valence-corrected chi connectivity index (χ0v) is 22.3. The van der Waals surface area contributed by atoms with Crippen LogP contribution < -0.4 is 5.32 Å². The fourth-order valence-electron chi connectivity index (χ4n) is 4.44. The first-order valence-corrected chi connectivity index (χ1v) is 13.0. The standard InChI is InChI=1S/C28H38N2O8/c1-19-9-7-13-25(31)29-22(17-36-16-21-10-5-4-6-11-21)27(33)37-15-20(2)26(32)30-14-8-12-23(30)28(34)38-18-24(19)35-3/h4-7,9-11,19-20,22-24H,8,12-18H2,1-3H3,(H,29,31)/t19-,20+,22+,23+,24-/m1/s1. The molecule has 10 heteroatoms. The lowest BCUT2D eigenvalue weighted by Gasteiger charge is -2.27. The summed E-state index contributed by atoms with van der Waals surface area (Å²) >= 11 is 0. The number of rotatable bonds is 5. The van der Waals surface area contributed by atoms with Crippen LogP contribution in [0.25, 0.3) is 0 Å². The topological polar surface area (TPSA) is 120 Å². The Labute approximate surface area is 223 Å². The summed E-state index contributed by atoms with van der Waals surface area (Å²) in [6, 6.07) is 7.74. The average Bonchev–Trinajstić information content (AvgIpc) is 3.41. The number of fused-ring (bicyclic) bond motifs is 1. The predicted molar refractivity (Wildman–Crippen MR) is 138 cm³/mol. The molecule has 1 fully saturated rings. The van der Waals surface area contributed by atoms with Crippen LogP contribution in [-0.4, -0.2) is 80.3 Å². The molecule has 1 aromatic carbocycles. The van der Waals surface area contributed by atoms with Crippen LogP contribution in [0.3, 0.4) is 0 Å². The van der Waals surface area contributed by atoms with Gasteiger partial charge in [-0.3, -0.25) is 9.59 Å². The first-order valence-electron chi connectivity index (χ1n) is 13.0. The highest BCUT2D eigenvalue weighted by molar-refractivity contribution is 5.87. The van der Waals surface area contributed by atoms with Crippen LogP contribution in [0, 0.1) is 11.8 Å². The molecule has 10 nitrogen and oxygen atoms in total. The summed E-state index contributed by atoms with van der Waals surface area (Å²) in [5, 5.41) is 2.68. The molecule has 1 saturated heterocycles. The van der Waals surface area contributed by atoms with E-state index in [-0.39, 0.29) is 50.6 Å². The van der Waals surface area contributed by atoms with E-state index in [1.807, 2.05) is 37.3 Å². The highest BCUT2D eigenvalue weighted by Crippen LogP contribution is 2.22. The summed E-state index contributed by atoms with van der Waals surface area (Å²) < 4.78 is 22.1. The van der Waals surface area contributed by atoms with Crippen LogP contribution in [0.15, 0.2) is 42.5 Å². The molecule has 5 atom stereocenters. The largest absolute Gasteiger partial charge is 0.463 e. The van der Waals surface area contributed by atoms with E-state index < -0.39 is 36.0 Å². The molecule has 2 heterocycles. The highest BCUT2D eigenvalue weighted by Gasteiger charge is 2.38. The SMILES string of the molecule is CO[C@@H]1COC(=O)[C@@H]2CCCN2C(=O)[C@@H](C)COC(=O)[C@H](COCc2ccccc2)NC(=O)CC=C[C@H]1C. The predicted octanol–water partition coefficient (Wildman–Crippen LogP) is 2.01. The Kier molecular flexibility index (Phi) is 11.3. The number of nitrogens with zero attached hydrogens (tertiary/aromatic N) is 1. The Morgan fingerprint density at radius 1 is 1.03 bits per heavy atom. The van der Waals surface area contributed by atoms with Crippen LogP contribution in [0.5, 0.6) is 0 Å². The number of nitrogens with one attached hydrogen (secondary N) is 1. The minimum absolute atomic E-state index is 0.0228. The van der Waals surface area contributed by atoms with E-state index in [2.05, 4.69) is 5.32 Å². The molecule has 3 rings (SSSR count). The van der Waals surface area contributed by atoms with Gasteiger partial charge in [-0.05, 0) is 18.4 Å². The molecule has 0 aromatic heterocycles. The third-order valence-electron chi connectivity index (χ3n) is 6.74. The van der Waals surface area contributed by atoms with Crippen molar-refractivity contribution in [1.82, 2.24) is 10.2 Å². The van der Waals surface area contributed by atoms with Gasteiger partial charge in [0.1, 0.15) is 19.3 Å². The van der Waals surface area contributed by atoms with Crippen molar-refractivity contribution in [3.05, 3.63) is 48.0 Å². The van der Waals surface area contributed by atoms with E-state index in [0.717, 1.165) is 5.56 Å². The number of esters is 2. The number of amides is 2. The minimum Gasteiger partial charge on any atom is -0.463 e. The van der Waals surface area contributed by atoms with Crippen LogP contribution in [-0.2, 0) is 44.7 Å². The second-order valence-corrected chi connectivity index (χ2v) is 9.74. The van der Waals surface area contributed by atoms with Gasteiger partial charge in [0.25, 0.3) is 0 Å². The quantitative estimate of drug-likeness (QED) is 0.454. The Morgan fingerprint density at radius 2 is 1.76 bits per heavy atom. The van der Waals surface area contributed by atoms with Gasteiger partial charge in [0.15, 0.2) is 6.04 Å². The number of hydrogen-bond donors (Lipinski definition) is 1. The molecule has 2 aliphatic heterocycles. The summed E-state index contributed by atoms with van der Waals surface area (Å²) in [7, 11) is 1.53. The smallest absolute Gasteiger partial charge is 0.331 e. The third-order valence-corrected chi connectivity index (χ3v) is 6.74. The van der Waals surface area contributed by atoms with E-state index in [9.17, 15) is 19.2 Å². The van der Waals surface area contributed by atoms with E-state index in [4.69, 9.17) is 18.9 Å². The molecular formula is C28H38N2O8. The summed E-state index contributed by atoms with van der Waals surface area (Å²) in [6.45, 7) is 3.96. The third kappa shape index (κ3) is 8.39. The zero-order chi connectivity index (χ0) is 27.5. The van der Waals surface area contributed by atoms with Crippen molar-refractivity contribution < 1.29 is 38.1 Å². The van der Waals surface area contributed by atoms with Crippen molar-refractivity contribution in [2.75, 3.05) is 33.5 Å². The molecule has 2 amide bonds. The Bertz CT molecular complexity index is 982. The number of benzene rings is 1. The van der Waals surface area contributed by atoms with Gasteiger partial charge in [-0.2, -0.15) is 0 Å². The van der Waals surface area contributed by atoms with Crippen LogP contribution >= 0.6 is 0 Å². The molecule has 208 valence electrons. The maximum absolute atomic E-state index is 13.1. The highest BCUT2D eigenvalue weighted by atomic mass is 16.6. The van der Waals surface area contributed by atoms with Crippen LogP contribution in [0.2, 0.25) is 0 Å². The maximum Gasteiger partial charge on any atom is 0.331 e. The molecule has 0 saturated carbocycles. The van der Waals surface area contributed by atoms with Gasteiger partial charge in [0, 0.05) is 26.0 Å². The summed E-state index contributed by atoms with van der Waals surface area (Å²) in [6.07, 6.45) is 4.28. The number of cyclic esters (lactones) is 2. The monoisotopic (exact) mass is 530 g/mol. The fraction of sp³-hybridized carbons (Fsp3) is 0.571. The minimum atomic E-state index is -1.04. The Hall–Kier alpha value is -3.24. The lowest BCUT2D eigenvalue weighted by atomic mass is 10.0. The molecule has 0 bridgehead atoms. The van der Waals surface area contributed by atoms with Gasteiger partial charge in [0.2, 0.25) is 11.8 Å².